The Morgan fingerprint density at radius 2 is 1.81 bits per heavy atom. The van der Waals surface area contributed by atoms with E-state index in [0.29, 0.717) is 18.1 Å². The Morgan fingerprint density at radius 1 is 1.19 bits per heavy atom. The molecular weight excluding hydrogens is 262 g/mol. The predicted molar refractivity (Wildman–Crippen MR) is 88.6 cm³/mol. The van der Waals surface area contributed by atoms with Crippen LogP contribution in [0.5, 0.6) is 0 Å². The third kappa shape index (κ3) is 4.65. The fourth-order valence-electron chi connectivity index (χ4n) is 3.59. The van der Waals surface area contributed by atoms with Crippen LogP contribution in [0.15, 0.2) is 0 Å². The maximum atomic E-state index is 9.83. The van der Waals surface area contributed by atoms with Crippen LogP contribution >= 0.6 is 0 Å². The van der Waals surface area contributed by atoms with Crippen molar-refractivity contribution < 1.29 is 5.11 Å². The van der Waals surface area contributed by atoms with E-state index >= 15 is 0 Å². The first kappa shape index (κ1) is 17.2. The first-order chi connectivity index (χ1) is 9.99. The Hall–Kier alpha value is -0.160. The van der Waals surface area contributed by atoms with Gasteiger partial charge in [0.15, 0.2) is 0 Å². The van der Waals surface area contributed by atoms with Crippen LogP contribution in [0.3, 0.4) is 0 Å². The summed E-state index contributed by atoms with van der Waals surface area (Å²) in [6, 6.07) is 1.96. The summed E-state index contributed by atoms with van der Waals surface area (Å²) in [6.45, 7) is 10.6. The van der Waals surface area contributed by atoms with E-state index in [2.05, 4.69) is 42.9 Å². The van der Waals surface area contributed by atoms with Crippen LogP contribution in [0.2, 0.25) is 0 Å². The molecule has 3 unspecified atom stereocenters. The number of nitrogens with zero attached hydrogens (tertiary/aromatic N) is 2. The molecule has 4 heteroatoms. The zero-order valence-corrected chi connectivity index (χ0v) is 14.4. The molecule has 0 aromatic rings. The smallest absolute Gasteiger partial charge is 0.0613 e. The van der Waals surface area contributed by atoms with Gasteiger partial charge in [0.1, 0.15) is 0 Å². The second-order valence-corrected chi connectivity index (χ2v) is 7.44. The van der Waals surface area contributed by atoms with Gasteiger partial charge in [0, 0.05) is 36.8 Å². The van der Waals surface area contributed by atoms with Crippen molar-refractivity contribution in [2.24, 2.45) is 0 Å². The van der Waals surface area contributed by atoms with Crippen molar-refractivity contribution in [1.29, 1.82) is 0 Å². The molecule has 1 aliphatic carbocycles. The molecule has 0 amide bonds. The van der Waals surface area contributed by atoms with Crippen LogP contribution in [-0.4, -0.2) is 71.9 Å². The summed E-state index contributed by atoms with van der Waals surface area (Å²) >= 11 is 0. The largest absolute Gasteiger partial charge is 0.394 e. The minimum Gasteiger partial charge on any atom is -0.394 e. The van der Waals surface area contributed by atoms with Gasteiger partial charge in [-0.15, -0.1) is 0 Å². The summed E-state index contributed by atoms with van der Waals surface area (Å²) in [5.74, 6) is 0. The summed E-state index contributed by atoms with van der Waals surface area (Å²) < 4.78 is 0. The zero-order chi connectivity index (χ0) is 15.5. The number of nitrogens with one attached hydrogen (secondary N) is 1. The van der Waals surface area contributed by atoms with Gasteiger partial charge in [-0.05, 0) is 59.5 Å². The van der Waals surface area contributed by atoms with E-state index in [1.54, 1.807) is 0 Å². The summed E-state index contributed by atoms with van der Waals surface area (Å²) in [4.78, 5) is 5.08. The lowest BCUT2D eigenvalue weighted by molar-refractivity contribution is 0.0555. The summed E-state index contributed by atoms with van der Waals surface area (Å²) in [5.41, 5.74) is -0.0367. The Labute approximate surface area is 130 Å². The predicted octanol–water partition coefficient (Wildman–Crippen LogP) is 1.68. The molecule has 1 saturated heterocycles. The lowest BCUT2D eigenvalue weighted by atomic mass is 9.90. The monoisotopic (exact) mass is 297 g/mol. The fraction of sp³-hybridized carbons (Fsp3) is 1.00. The van der Waals surface area contributed by atoms with Crippen LogP contribution < -0.4 is 5.32 Å². The molecule has 2 aliphatic rings. The number of likely N-dealkylation sites (N-methyl/N-ethyl adjacent to an activating group) is 1. The van der Waals surface area contributed by atoms with Crippen LogP contribution in [-0.2, 0) is 0 Å². The lowest BCUT2D eigenvalue weighted by Gasteiger charge is -2.43. The SMILES string of the molecule is CCC(CO)(CCCN1CC(C)N(C)C(C)C1)NC1CC1. The number of hydrogen-bond donors (Lipinski definition) is 2. The van der Waals surface area contributed by atoms with Crippen molar-refractivity contribution in [3.05, 3.63) is 0 Å². The Bertz CT molecular complexity index is 303. The first-order valence-electron chi connectivity index (χ1n) is 8.82. The molecule has 2 fully saturated rings. The van der Waals surface area contributed by atoms with E-state index in [1.807, 2.05) is 0 Å². The van der Waals surface area contributed by atoms with Gasteiger partial charge in [-0.1, -0.05) is 6.92 Å². The molecule has 1 heterocycles. The van der Waals surface area contributed by atoms with Crippen LogP contribution in [0.25, 0.3) is 0 Å². The van der Waals surface area contributed by atoms with Crippen molar-refractivity contribution in [3.63, 3.8) is 0 Å². The van der Waals surface area contributed by atoms with Crippen molar-refractivity contribution in [2.45, 2.75) is 76.5 Å². The quantitative estimate of drug-likeness (QED) is 0.715. The summed E-state index contributed by atoms with van der Waals surface area (Å²) in [5, 5.41) is 13.5. The second kappa shape index (κ2) is 7.40. The minimum atomic E-state index is -0.0367. The molecule has 124 valence electrons. The average Bonchev–Trinajstić information content (AvgIpc) is 3.27. The van der Waals surface area contributed by atoms with Crippen LogP contribution in [0.1, 0.15) is 52.9 Å². The summed E-state index contributed by atoms with van der Waals surface area (Å²) in [7, 11) is 2.24. The minimum absolute atomic E-state index is 0.0367. The highest BCUT2D eigenvalue weighted by atomic mass is 16.3. The Balaban J connectivity index is 1.76. The Morgan fingerprint density at radius 3 is 2.29 bits per heavy atom. The molecule has 21 heavy (non-hydrogen) atoms. The topological polar surface area (TPSA) is 38.7 Å². The molecule has 0 aromatic carbocycles. The molecule has 2 N–H and O–H groups in total. The number of hydrogen-bond acceptors (Lipinski definition) is 4. The highest BCUT2D eigenvalue weighted by molar-refractivity contribution is 4.94. The molecule has 0 spiro atoms. The third-order valence-corrected chi connectivity index (χ3v) is 5.63. The van der Waals surface area contributed by atoms with E-state index in [-0.39, 0.29) is 12.1 Å². The van der Waals surface area contributed by atoms with E-state index < -0.39 is 0 Å². The Kier molecular flexibility index (Phi) is 6.06. The molecule has 2 rings (SSSR count). The molecule has 0 aromatic heterocycles. The van der Waals surface area contributed by atoms with Crippen molar-refractivity contribution in [2.75, 3.05) is 33.3 Å². The molecule has 1 aliphatic heterocycles. The normalized spacial score (nSPS) is 31.3. The number of piperazine rings is 1. The van der Waals surface area contributed by atoms with Crippen molar-refractivity contribution >= 4 is 0 Å². The highest BCUT2D eigenvalue weighted by Gasteiger charge is 2.34. The van der Waals surface area contributed by atoms with Crippen molar-refractivity contribution in [3.8, 4) is 0 Å². The van der Waals surface area contributed by atoms with Crippen LogP contribution in [0.4, 0.5) is 0 Å². The van der Waals surface area contributed by atoms with Gasteiger partial charge < -0.3 is 15.3 Å². The third-order valence-electron chi connectivity index (χ3n) is 5.63. The second-order valence-electron chi connectivity index (χ2n) is 7.44. The zero-order valence-electron chi connectivity index (χ0n) is 14.4. The molecule has 0 radical (unpaired) electrons. The molecular formula is C17H35N3O. The molecule has 1 saturated carbocycles. The lowest BCUT2D eigenvalue weighted by Crippen LogP contribution is -2.55. The molecule has 0 bridgehead atoms. The number of aliphatic hydroxyl groups excluding tert-OH is 1. The van der Waals surface area contributed by atoms with E-state index in [4.69, 9.17) is 0 Å². The van der Waals surface area contributed by atoms with E-state index in [1.165, 1.54) is 32.4 Å². The highest BCUT2D eigenvalue weighted by Crippen LogP contribution is 2.27. The standard InChI is InChI=1S/C17H35N3O/c1-5-17(13-21,18-16-7-8-16)9-6-10-20-11-14(2)19(4)15(3)12-20/h14-16,18,21H,5-13H2,1-4H3. The van der Waals surface area contributed by atoms with Crippen molar-refractivity contribution in [1.82, 2.24) is 15.1 Å². The van der Waals surface area contributed by atoms with Gasteiger partial charge in [0.2, 0.25) is 0 Å². The van der Waals surface area contributed by atoms with Gasteiger partial charge >= 0.3 is 0 Å². The average molecular weight is 297 g/mol. The van der Waals surface area contributed by atoms with Gasteiger partial charge in [-0.2, -0.15) is 0 Å². The summed E-state index contributed by atoms with van der Waals surface area (Å²) in [6.07, 6.45) is 5.86. The first-order valence-corrected chi connectivity index (χ1v) is 8.82. The van der Waals surface area contributed by atoms with Gasteiger partial charge in [-0.25, -0.2) is 0 Å². The number of aliphatic hydroxyl groups is 1. The van der Waals surface area contributed by atoms with E-state index in [0.717, 1.165) is 19.4 Å². The molecule has 4 nitrogen and oxygen atoms in total. The van der Waals surface area contributed by atoms with Gasteiger partial charge in [0.25, 0.3) is 0 Å². The van der Waals surface area contributed by atoms with Crippen LogP contribution in [0, 0.1) is 0 Å². The van der Waals surface area contributed by atoms with Gasteiger partial charge in [0.05, 0.1) is 6.61 Å². The van der Waals surface area contributed by atoms with E-state index in [9.17, 15) is 5.11 Å². The number of rotatable bonds is 8. The maximum absolute atomic E-state index is 9.83. The maximum Gasteiger partial charge on any atom is 0.0613 e. The van der Waals surface area contributed by atoms with Gasteiger partial charge in [-0.3, -0.25) is 4.90 Å². The molecule has 3 atom stereocenters. The fourth-order valence-corrected chi connectivity index (χ4v) is 3.59.